The molecule has 2 rings (SSSR count). The molecule has 0 unspecified atom stereocenters. The van der Waals surface area contributed by atoms with Crippen molar-refractivity contribution in [1.29, 1.82) is 0 Å². The Morgan fingerprint density at radius 2 is 1.60 bits per heavy atom. The summed E-state index contributed by atoms with van der Waals surface area (Å²) in [4.78, 5) is 11.9. The van der Waals surface area contributed by atoms with Crippen LogP contribution in [0.1, 0.15) is 5.56 Å². The van der Waals surface area contributed by atoms with Crippen LogP contribution in [0.5, 0.6) is 0 Å². The number of hydrogen-bond acceptors (Lipinski definition) is 1. The van der Waals surface area contributed by atoms with Crippen LogP contribution >= 0.6 is 34.8 Å². The van der Waals surface area contributed by atoms with Gasteiger partial charge in [-0.1, -0.05) is 65.1 Å². The van der Waals surface area contributed by atoms with E-state index in [4.69, 9.17) is 34.8 Å². The van der Waals surface area contributed by atoms with Gasteiger partial charge >= 0.3 is 0 Å². The summed E-state index contributed by atoms with van der Waals surface area (Å²) >= 11 is 17.7. The molecule has 0 bridgehead atoms. The second kappa shape index (κ2) is 6.80. The van der Waals surface area contributed by atoms with Crippen molar-refractivity contribution in [3.8, 4) is 0 Å². The van der Waals surface area contributed by atoms with Crippen molar-refractivity contribution in [2.24, 2.45) is 0 Å². The molecule has 0 aliphatic heterocycles. The molecule has 0 aliphatic carbocycles. The van der Waals surface area contributed by atoms with E-state index in [0.717, 1.165) is 5.56 Å². The van der Waals surface area contributed by atoms with E-state index in [9.17, 15) is 4.79 Å². The average molecular weight is 327 g/mol. The molecule has 1 N–H and O–H groups in total. The fourth-order valence-corrected chi connectivity index (χ4v) is 2.28. The summed E-state index contributed by atoms with van der Waals surface area (Å²) in [6, 6.07) is 14.1. The maximum atomic E-state index is 11.9. The van der Waals surface area contributed by atoms with Crippen LogP contribution in [0.3, 0.4) is 0 Å². The first-order chi connectivity index (χ1) is 9.54. The van der Waals surface area contributed by atoms with E-state index in [0.29, 0.717) is 15.7 Å². The Kier molecular flexibility index (Phi) is 5.07. The van der Waals surface area contributed by atoms with Crippen LogP contribution < -0.4 is 5.32 Å². The molecule has 0 atom stereocenters. The third kappa shape index (κ3) is 4.27. The molecule has 5 heteroatoms. The molecule has 2 nitrogen and oxygen atoms in total. The van der Waals surface area contributed by atoms with Crippen molar-refractivity contribution in [2.75, 3.05) is 5.32 Å². The molecule has 0 spiro atoms. The average Bonchev–Trinajstić information content (AvgIpc) is 2.38. The molecule has 0 saturated heterocycles. The Hall–Kier alpha value is -1.48. The van der Waals surface area contributed by atoms with Crippen LogP contribution in [-0.4, -0.2) is 5.91 Å². The highest BCUT2D eigenvalue weighted by Gasteiger charge is 2.08. The third-order valence-corrected chi connectivity index (χ3v) is 3.15. The molecule has 0 saturated carbocycles. The Balaban J connectivity index is 2.13. The lowest BCUT2D eigenvalue weighted by Crippen LogP contribution is -2.11. The van der Waals surface area contributed by atoms with Gasteiger partial charge < -0.3 is 5.32 Å². The molecule has 2 aromatic rings. The molecule has 20 heavy (non-hydrogen) atoms. The smallest absolute Gasteiger partial charge is 0.267 e. The maximum Gasteiger partial charge on any atom is 0.267 e. The highest BCUT2D eigenvalue weighted by Crippen LogP contribution is 2.23. The van der Waals surface area contributed by atoms with E-state index in [-0.39, 0.29) is 5.03 Å². The summed E-state index contributed by atoms with van der Waals surface area (Å²) in [5.74, 6) is -0.422. The van der Waals surface area contributed by atoms with Crippen LogP contribution in [-0.2, 0) is 4.79 Å². The number of carbonyl (C=O) groups excluding carboxylic acids is 1. The van der Waals surface area contributed by atoms with Gasteiger partial charge in [-0.15, -0.1) is 0 Å². The molecule has 2 aromatic carbocycles. The van der Waals surface area contributed by atoms with Crippen molar-refractivity contribution >= 4 is 52.5 Å². The Labute approximate surface area is 132 Å². The van der Waals surface area contributed by atoms with Gasteiger partial charge in [0, 0.05) is 15.7 Å². The number of halogens is 3. The number of anilines is 1. The summed E-state index contributed by atoms with van der Waals surface area (Å²) in [7, 11) is 0. The van der Waals surface area contributed by atoms with E-state index in [1.165, 1.54) is 0 Å². The van der Waals surface area contributed by atoms with Crippen LogP contribution in [0.25, 0.3) is 6.08 Å². The highest BCUT2D eigenvalue weighted by atomic mass is 35.5. The highest BCUT2D eigenvalue weighted by molar-refractivity contribution is 6.45. The van der Waals surface area contributed by atoms with Gasteiger partial charge in [0.1, 0.15) is 5.03 Å². The summed E-state index contributed by atoms with van der Waals surface area (Å²) in [5, 5.41) is 3.59. The van der Waals surface area contributed by atoms with Crippen molar-refractivity contribution in [1.82, 2.24) is 0 Å². The zero-order valence-corrected chi connectivity index (χ0v) is 12.5. The van der Waals surface area contributed by atoms with Crippen LogP contribution in [0.2, 0.25) is 10.0 Å². The molecule has 1 amide bonds. The van der Waals surface area contributed by atoms with E-state index < -0.39 is 5.91 Å². The van der Waals surface area contributed by atoms with Crippen LogP contribution in [0.4, 0.5) is 5.69 Å². The van der Waals surface area contributed by atoms with Gasteiger partial charge in [-0.3, -0.25) is 4.79 Å². The minimum absolute atomic E-state index is 0.0762. The molecule has 102 valence electrons. The normalized spacial score (nSPS) is 11.2. The first-order valence-electron chi connectivity index (χ1n) is 5.74. The van der Waals surface area contributed by atoms with Gasteiger partial charge in [0.2, 0.25) is 0 Å². The molecular weight excluding hydrogens is 317 g/mol. The molecular formula is C15H10Cl3NO. The van der Waals surface area contributed by atoms with E-state index >= 15 is 0 Å². The predicted molar refractivity (Wildman–Crippen MR) is 85.4 cm³/mol. The second-order valence-electron chi connectivity index (χ2n) is 4.02. The zero-order chi connectivity index (χ0) is 14.5. The quantitative estimate of drug-likeness (QED) is 0.771. The molecule has 0 radical (unpaired) electrons. The number of nitrogens with one attached hydrogen (secondary N) is 1. The van der Waals surface area contributed by atoms with Crippen molar-refractivity contribution < 1.29 is 4.79 Å². The standard InChI is InChI=1S/C15H10Cl3NO/c16-11-7-12(17)9-13(8-11)19-15(20)14(18)6-10-4-2-1-3-5-10/h1-9H,(H,19,20)/b14-6-. The molecule has 0 aromatic heterocycles. The number of hydrogen-bond donors (Lipinski definition) is 1. The Morgan fingerprint density at radius 3 is 2.20 bits per heavy atom. The zero-order valence-electron chi connectivity index (χ0n) is 10.2. The molecule has 0 aliphatic rings. The first kappa shape index (κ1) is 14.9. The van der Waals surface area contributed by atoms with Crippen molar-refractivity contribution in [2.45, 2.75) is 0 Å². The fraction of sp³-hybridized carbons (Fsp3) is 0. The van der Waals surface area contributed by atoms with Gasteiger partial charge in [-0.25, -0.2) is 0 Å². The molecule has 0 fully saturated rings. The van der Waals surface area contributed by atoms with Crippen LogP contribution in [0, 0.1) is 0 Å². The second-order valence-corrected chi connectivity index (χ2v) is 5.30. The lowest BCUT2D eigenvalue weighted by molar-refractivity contribution is -0.112. The summed E-state index contributed by atoms with van der Waals surface area (Å²) in [6.07, 6.45) is 1.59. The minimum Gasteiger partial charge on any atom is -0.321 e. The molecule has 0 heterocycles. The lowest BCUT2D eigenvalue weighted by atomic mass is 10.2. The fourth-order valence-electron chi connectivity index (χ4n) is 1.58. The SMILES string of the molecule is O=C(Nc1cc(Cl)cc(Cl)c1)/C(Cl)=C/c1ccccc1. The summed E-state index contributed by atoms with van der Waals surface area (Å²) in [6.45, 7) is 0. The Morgan fingerprint density at radius 1 is 1.00 bits per heavy atom. The largest absolute Gasteiger partial charge is 0.321 e. The van der Waals surface area contributed by atoms with Gasteiger partial charge in [-0.2, -0.15) is 0 Å². The van der Waals surface area contributed by atoms with Gasteiger partial charge in [0.05, 0.1) is 0 Å². The number of carbonyl (C=O) groups is 1. The number of rotatable bonds is 3. The van der Waals surface area contributed by atoms with E-state index in [2.05, 4.69) is 5.32 Å². The van der Waals surface area contributed by atoms with Gasteiger partial charge in [0.15, 0.2) is 0 Å². The number of amides is 1. The summed E-state index contributed by atoms with van der Waals surface area (Å²) < 4.78 is 0. The summed E-state index contributed by atoms with van der Waals surface area (Å²) in [5.41, 5.74) is 1.34. The number of benzene rings is 2. The van der Waals surface area contributed by atoms with Crippen molar-refractivity contribution in [3.05, 3.63) is 69.2 Å². The first-order valence-corrected chi connectivity index (χ1v) is 6.88. The van der Waals surface area contributed by atoms with E-state index in [1.54, 1.807) is 24.3 Å². The van der Waals surface area contributed by atoms with E-state index in [1.807, 2.05) is 30.3 Å². The van der Waals surface area contributed by atoms with Crippen LogP contribution in [0.15, 0.2) is 53.6 Å². The minimum atomic E-state index is -0.422. The van der Waals surface area contributed by atoms with Gasteiger partial charge in [0.25, 0.3) is 5.91 Å². The van der Waals surface area contributed by atoms with Gasteiger partial charge in [-0.05, 0) is 29.8 Å². The monoisotopic (exact) mass is 325 g/mol. The predicted octanol–water partition coefficient (Wildman–Crippen LogP) is 5.21. The third-order valence-electron chi connectivity index (χ3n) is 2.43. The maximum absolute atomic E-state index is 11.9. The van der Waals surface area contributed by atoms with Crippen molar-refractivity contribution in [3.63, 3.8) is 0 Å². The lowest BCUT2D eigenvalue weighted by Gasteiger charge is -2.05. The Bertz CT molecular complexity index is 633. The topological polar surface area (TPSA) is 29.1 Å².